The van der Waals surface area contributed by atoms with Crippen LogP contribution in [0.5, 0.6) is 0 Å². The summed E-state index contributed by atoms with van der Waals surface area (Å²) in [5, 5.41) is 0.981. The highest BCUT2D eigenvalue weighted by molar-refractivity contribution is 5.96. The van der Waals surface area contributed by atoms with Gasteiger partial charge in [-0.15, -0.1) is 0 Å². The number of fused-ring (bicyclic) bond motifs is 5. The van der Waals surface area contributed by atoms with Gasteiger partial charge in [0.1, 0.15) is 11.3 Å². The maximum atomic E-state index is 12.0. The molecule has 0 aliphatic heterocycles. The average Bonchev–Trinajstić information content (AvgIpc) is 2.86. The first-order valence-corrected chi connectivity index (χ1v) is 5.96. The molecule has 0 saturated carbocycles. The van der Waals surface area contributed by atoms with E-state index in [9.17, 15) is 4.79 Å². The lowest BCUT2D eigenvalue weighted by atomic mass is 9.89. The standard InChI is InChI=1S/C15H10O3/c16-15-11-5-6-12-10(7-8-17-12)14(11)9-3-1-2-4-13(9)18-15/h1-4,7-8H,5-6H2. The van der Waals surface area contributed by atoms with Crippen LogP contribution in [0.3, 0.4) is 0 Å². The van der Waals surface area contributed by atoms with Crippen molar-refractivity contribution in [3.05, 3.63) is 58.3 Å². The summed E-state index contributed by atoms with van der Waals surface area (Å²) in [6.07, 6.45) is 3.13. The van der Waals surface area contributed by atoms with Crippen molar-refractivity contribution in [3.8, 4) is 11.1 Å². The van der Waals surface area contributed by atoms with Gasteiger partial charge >= 0.3 is 5.63 Å². The topological polar surface area (TPSA) is 43.4 Å². The summed E-state index contributed by atoms with van der Waals surface area (Å²) in [7, 11) is 0. The molecular weight excluding hydrogens is 228 g/mol. The van der Waals surface area contributed by atoms with Gasteiger partial charge in [0, 0.05) is 28.5 Å². The molecule has 18 heavy (non-hydrogen) atoms. The van der Waals surface area contributed by atoms with Crippen molar-refractivity contribution in [3.63, 3.8) is 0 Å². The molecule has 0 radical (unpaired) electrons. The van der Waals surface area contributed by atoms with Crippen molar-refractivity contribution in [2.45, 2.75) is 12.8 Å². The highest BCUT2D eigenvalue weighted by Crippen LogP contribution is 2.37. The molecule has 0 bridgehead atoms. The molecule has 1 aliphatic rings. The molecule has 2 aromatic heterocycles. The van der Waals surface area contributed by atoms with Crippen molar-refractivity contribution < 1.29 is 8.83 Å². The number of para-hydroxylation sites is 1. The second-order valence-electron chi connectivity index (χ2n) is 4.50. The summed E-state index contributed by atoms with van der Waals surface area (Å²) < 4.78 is 10.8. The van der Waals surface area contributed by atoms with Crippen molar-refractivity contribution in [1.29, 1.82) is 0 Å². The molecule has 0 N–H and O–H groups in total. The summed E-state index contributed by atoms with van der Waals surface area (Å²) >= 11 is 0. The lowest BCUT2D eigenvalue weighted by Crippen LogP contribution is -2.14. The van der Waals surface area contributed by atoms with E-state index in [-0.39, 0.29) is 5.63 Å². The zero-order chi connectivity index (χ0) is 12.1. The number of rotatable bonds is 0. The van der Waals surface area contributed by atoms with Crippen LogP contribution in [0.15, 0.2) is 50.2 Å². The monoisotopic (exact) mass is 238 g/mol. The van der Waals surface area contributed by atoms with Crippen molar-refractivity contribution in [1.82, 2.24) is 0 Å². The van der Waals surface area contributed by atoms with Crippen molar-refractivity contribution in [2.24, 2.45) is 0 Å². The molecule has 88 valence electrons. The Morgan fingerprint density at radius 1 is 1.06 bits per heavy atom. The van der Waals surface area contributed by atoms with E-state index in [1.807, 2.05) is 30.3 Å². The first kappa shape index (κ1) is 9.71. The molecule has 3 aromatic rings. The third-order valence-electron chi connectivity index (χ3n) is 3.52. The van der Waals surface area contributed by atoms with Gasteiger partial charge in [0.15, 0.2) is 0 Å². The normalized spacial score (nSPS) is 13.3. The molecule has 3 nitrogen and oxygen atoms in total. The first-order valence-electron chi connectivity index (χ1n) is 5.96. The largest absolute Gasteiger partial charge is 0.469 e. The van der Waals surface area contributed by atoms with E-state index in [0.29, 0.717) is 12.0 Å². The van der Waals surface area contributed by atoms with Gasteiger partial charge in [0.05, 0.1) is 6.26 Å². The Labute approximate surface area is 103 Å². The molecule has 1 aliphatic carbocycles. The van der Waals surface area contributed by atoms with E-state index in [1.54, 1.807) is 6.26 Å². The Morgan fingerprint density at radius 3 is 2.89 bits per heavy atom. The second-order valence-corrected chi connectivity index (χ2v) is 4.50. The first-order chi connectivity index (χ1) is 8.84. The van der Waals surface area contributed by atoms with Crippen LogP contribution in [0.1, 0.15) is 11.3 Å². The third-order valence-corrected chi connectivity index (χ3v) is 3.52. The molecule has 3 heteroatoms. The van der Waals surface area contributed by atoms with Crippen LogP contribution >= 0.6 is 0 Å². The predicted molar refractivity (Wildman–Crippen MR) is 67.6 cm³/mol. The lowest BCUT2D eigenvalue weighted by molar-refractivity contribution is 0.500. The molecule has 0 amide bonds. The van der Waals surface area contributed by atoms with E-state index in [0.717, 1.165) is 34.3 Å². The predicted octanol–water partition coefficient (Wildman–Crippen LogP) is 3.15. The lowest BCUT2D eigenvalue weighted by Gasteiger charge is -2.15. The quantitative estimate of drug-likeness (QED) is 0.565. The molecule has 0 spiro atoms. The molecule has 0 atom stereocenters. The summed E-state index contributed by atoms with van der Waals surface area (Å²) in [4.78, 5) is 12.0. The number of furan rings is 1. The zero-order valence-electron chi connectivity index (χ0n) is 9.60. The summed E-state index contributed by atoms with van der Waals surface area (Å²) in [6, 6.07) is 9.57. The van der Waals surface area contributed by atoms with E-state index >= 15 is 0 Å². The fourth-order valence-electron chi connectivity index (χ4n) is 2.72. The van der Waals surface area contributed by atoms with Crippen LogP contribution in [0, 0.1) is 0 Å². The minimum atomic E-state index is -0.226. The molecule has 0 saturated heterocycles. The SMILES string of the molecule is O=c1oc2ccccc2c2c1CCc1occc1-2. The molecule has 4 rings (SSSR count). The highest BCUT2D eigenvalue weighted by Gasteiger charge is 2.24. The van der Waals surface area contributed by atoms with E-state index in [2.05, 4.69) is 0 Å². The van der Waals surface area contributed by atoms with E-state index in [4.69, 9.17) is 8.83 Å². The van der Waals surface area contributed by atoms with Gasteiger partial charge in [-0.3, -0.25) is 0 Å². The number of benzene rings is 1. The maximum Gasteiger partial charge on any atom is 0.340 e. The van der Waals surface area contributed by atoms with Crippen LogP contribution in [0.4, 0.5) is 0 Å². The molecular formula is C15H10O3. The van der Waals surface area contributed by atoms with Gasteiger partial charge in [-0.05, 0) is 18.6 Å². The summed E-state index contributed by atoms with van der Waals surface area (Å²) in [5.74, 6) is 0.957. The van der Waals surface area contributed by atoms with Gasteiger partial charge in [-0.1, -0.05) is 18.2 Å². The smallest absolute Gasteiger partial charge is 0.340 e. The van der Waals surface area contributed by atoms with Gasteiger partial charge in [-0.2, -0.15) is 0 Å². The van der Waals surface area contributed by atoms with E-state index < -0.39 is 0 Å². The Hall–Kier alpha value is -2.29. The van der Waals surface area contributed by atoms with Crippen LogP contribution in [-0.4, -0.2) is 0 Å². The Morgan fingerprint density at radius 2 is 1.94 bits per heavy atom. The fraction of sp³-hybridized carbons (Fsp3) is 0.133. The van der Waals surface area contributed by atoms with Crippen LogP contribution in [0.25, 0.3) is 22.1 Å². The highest BCUT2D eigenvalue weighted by atomic mass is 16.4. The van der Waals surface area contributed by atoms with Gasteiger partial charge in [-0.25, -0.2) is 4.79 Å². The molecule has 0 fully saturated rings. The second kappa shape index (κ2) is 3.35. The van der Waals surface area contributed by atoms with Crippen molar-refractivity contribution in [2.75, 3.05) is 0 Å². The van der Waals surface area contributed by atoms with Gasteiger partial charge < -0.3 is 8.83 Å². The summed E-state index contributed by atoms with van der Waals surface area (Å²) in [5.41, 5.74) is 3.19. The minimum Gasteiger partial charge on any atom is -0.469 e. The van der Waals surface area contributed by atoms with Crippen LogP contribution in [-0.2, 0) is 12.8 Å². The Balaban J connectivity index is 2.24. The Kier molecular flexibility index (Phi) is 1.81. The average molecular weight is 238 g/mol. The minimum absolute atomic E-state index is 0.226. The van der Waals surface area contributed by atoms with Crippen LogP contribution < -0.4 is 5.63 Å². The molecule has 1 aromatic carbocycles. The van der Waals surface area contributed by atoms with Crippen molar-refractivity contribution >= 4 is 11.0 Å². The van der Waals surface area contributed by atoms with E-state index in [1.165, 1.54) is 0 Å². The number of hydrogen-bond donors (Lipinski definition) is 0. The molecule has 2 heterocycles. The van der Waals surface area contributed by atoms with Gasteiger partial charge in [0.2, 0.25) is 0 Å². The summed E-state index contributed by atoms with van der Waals surface area (Å²) in [6.45, 7) is 0. The fourth-order valence-corrected chi connectivity index (χ4v) is 2.72. The Bertz CT molecular complexity index is 808. The maximum absolute atomic E-state index is 12.0. The number of aryl methyl sites for hydroxylation is 1. The molecule has 0 unspecified atom stereocenters. The zero-order valence-corrected chi connectivity index (χ0v) is 9.60. The van der Waals surface area contributed by atoms with Crippen LogP contribution in [0.2, 0.25) is 0 Å². The third kappa shape index (κ3) is 1.16. The number of hydrogen-bond acceptors (Lipinski definition) is 3. The van der Waals surface area contributed by atoms with Gasteiger partial charge in [0.25, 0.3) is 0 Å².